The van der Waals surface area contributed by atoms with Crippen LogP contribution in [0.25, 0.3) is 0 Å². The van der Waals surface area contributed by atoms with Crippen LogP contribution in [0.2, 0.25) is 0 Å². The molecular weight excluding hydrogens is 266 g/mol. The Morgan fingerprint density at radius 3 is 2.71 bits per heavy atom. The first-order valence-corrected chi connectivity index (χ1v) is 7.40. The largest absolute Gasteiger partial charge is 0.326 e. The summed E-state index contributed by atoms with van der Waals surface area (Å²) in [5, 5.41) is 5.68. The molecule has 3 amide bonds. The van der Waals surface area contributed by atoms with Gasteiger partial charge >= 0.3 is 6.03 Å². The zero-order chi connectivity index (χ0) is 15.4. The van der Waals surface area contributed by atoms with Gasteiger partial charge in [0.05, 0.1) is 0 Å². The van der Waals surface area contributed by atoms with Crippen molar-refractivity contribution in [3.05, 3.63) is 23.8 Å². The summed E-state index contributed by atoms with van der Waals surface area (Å²) in [5.74, 6) is 0.428. The quantitative estimate of drug-likeness (QED) is 0.878. The van der Waals surface area contributed by atoms with Crippen molar-refractivity contribution in [2.24, 2.45) is 5.92 Å². The minimum Gasteiger partial charge on any atom is -0.326 e. The van der Waals surface area contributed by atoms with E-state index in [4.69, 9.17) is 0 Å². The summed E-state index contributed by atoms with van der Waals surface area (Å²) in [4.78, 5) is 25.3. The molecule has 1 unspecified atom stereocenters. The topological polar surface area (TPSA) is 61.4 Å². The van der Waals surface area contributed by atoms with Gasteiger partial charge in [-0.2, -0.15) is 0 Å². The minimum atomic E-state index is -0.124. The fourth-order valence-corrected chi connectivity index (χ4v) is 2.61. The number of aryl methyl sites for hydroxylation is 1. The average molecular weight is 289 g/mol. The van der Waals surface area contributed by atoms with Gasteiger partial charge in [0.15, 0.2) is 0 Å². The van der Waals surface area contributed by atoms with Crippen LogP contribution >= 0.6 is 0 Å². The SMILES string of the molecule is CC(=O)Nc1ccc(C)c(NC(=O)N2CCCC(C)C2)c1. The molecule has 1 aliphatic heterocycles. The molecule has 0 aliphatic carbocycles. The van der Waals surface area contributed by atoms with Crippen molar-refractivity contribution in [1.82, 2.24) is 4.90 Å². The van der Waals surface area contributed by atoms with Gasteiger partial charge in [0.25, 0.3) is 0 Å². The zero-order valence-corrected chi connectivity index (χ0v) is 12.9. The molecule has 2 rings (SSSR count). The van der Waals surface area contributed by atoms with Crippen molar-refractivity contribution >= 4 is 23.3 Å². The molecule has 21 heavy (non-hydrogen) atoms. The molecule has 1 fully saturated rings. The Kier molecular flexibility index (Phi) is 4.83. The van der Waals surface area contributed by atoms with Gasteiger partial charge in [-0.1, -0.05) is 13.0 Å². The molecule has 1 aromatic carbocycles. The average Bonchev–Trinajstić information content (AvgIpc) is 2.42. The number of nitrogens with zero attached hydrogens (tertiary/aromatic N) is 1. The monoisotopic (exact) mass is 289 g/mol. The molecule has 1 atom stereocenters. The van der Waals surface area contributed by atoms with Crippen molar-refractivity contribution < 1.29 is 9.59 Å². The van der Waals surface area contributed by atoms with Crippen LogP contribution in [0.5, 0.6) is 0 Å². The summed E-state index contributed by atoms with van der Waals surface area (Å²) in [6.45, 7) is 7.18. The van der Waals surface area contributed by atoms with Gasteiger partial charge < -0.3 is 15.5 Å². The summed E-state index contributed by atoms with van der Waals surface area (Å²) in [7, 11) is 0. The summed E-state index contributed by atoms with van der Waals surface area (Å²) >= 11 is 0. The normalized spacial score (nSPS) is 18.2. The lowest BCUT2D eigenvalue weighted by Crippen LogP contribution is -2.41. The molecule has 2 N–H and O–H groups in total. The number of likely N-dealkylation sites (tertiary alicyclic amines) is 1. The second-order valence-corrected chi connectivity index (χ2v) is 5.83. The molecule has 1 heterocycles. The fraction of sp³-hybridized carbons (Fsp3) is 0.500. The highest BCUT2D eigenvalue weighted by Gasteiger charge is 2.21. The lowest BCUT2D eigenvalue weighted by atomic mass is 10.0. The number of carbonyl (C=O) groups excluding carboxylic acids is 2. The number of anilines is 2. The van der Waals surface area contributed by atoms with E-state index in [1.54, 1.807) is 6.07 Å². The molecule has 1 aromatic rings. The van der Waals surface area contributed by atoms with E-state index in [1.807, 2.05) is 24.0 Å². The maximum absolute atomic E-state index is 12.3. The number of hydrogen-bond acceptors (Lipinski definition) is 2. The number of benzene rings is 1. The van der Waals surface area contributed by atoms with E-state index in [0.717, 1.165) is 30.8 Å². The predicted octanol–water partition coefficient (Wildman–Crippen LogP) is 3.22. The van der Waals surface area contributed by atoms with Crippen LogP contribution in [0.15, 0.2) is 18.2 Å². The third-order valence-electron chi connectivity index (χ3n) is 3.74. The van der Waals surface area contributed by atoms with Crippen molar-refractivity contribution in [2.75, 3.05) is 23.7 Å². The maximum Gasteiger partial charge on any atom is 0.321 e. The highest BCUT2D eigenvalue weighted by Crippen LogP contribution is 2.22. The summed E-state index contributed by atoms with van der Waals surface area (Å²) < 4.78 is 0. The number of hydrogen-bond donors (Lipinski definition) is 2. The lowest BCUT2D eigenvalue weighted by molar-refractivity contribution is -0.114. The molecule has 5 heteroatoms. The molecule has 114 valence electrons. The van der Waals surface area contributed by atoms with E-state index in [1.165, 1.54) is 13.3 Å². The molecule has 0 aromatic heterocycles. The third kappa shape index (κ3) is 4.21. The standard InChI is InChI=1S/C16H23N3O2/c1-11-5-4-8-19(10-11)16(21)18-15-9-14(17-13(3)20)7-6-12(15)2/h6-7,9,11H,4-5,8,10H2,1-3H3,(H,17,20)(H,18,21). The molecular formula is C16H23N3O2. The second kappa shape index (κ2) is 6.61. The molecule has 0 saturated carbocycles. The van der Waals surface area contributed by atoms with Crippen LogP contribution in [0.1, 0.15) is 32.3 Å². The number of nitrogens with one attached hydrogen (secondary N) is 2. The van der Waals surface area contributed by atoms with E-state index < -0.39 is 0 Å². The number of amides is 3. The highest BCUT2D eigenvalue weighted by atomic mass is 16.2. The number of urea groups is 1. The van der Waals surface area contributed by atoms with Crippen LogP contribution in [-0.4, -0.2) is 29.9 Å². The van der Waals surface area contributed by atoms with Gasteiger partial charge in [-0.25, -0.2) is 4.79 Å². The maximum atomic E-state index is 12.3. The molecule has 1 aliphatic rings. The lowest BCUT2D eigenvalue weighted by Gasteiger charge is -2.31. The first-order valence-electron chi connectivity index (χ1n) is 7.40. The van der Waals surface area contributed by atoms with Crippen LogP contribution in [0.3, 0.4) is 0 Å². The van der Waals surface area contributed by atoms with Crippen molar-refractivity contribution in [1.29, 1.82) is 0 Å². The molecule has 1 saturated heterocycles. The van der Waals surface area contributed by atoms with Crippen molar-refractivity contribution in [3.8, 4) is 0 Å². The molecule has 0 radical (unpaired) electrons. The molecule has 0 bridgehead atoms. The highest BCUT2D eigenvalue weighted by molar-refractivity contribution is 5.93. The van der Waals surface area contributed by atoms with Crippen LogP contribution in [0, 0.1) is 12.8 Å². The number of rotatable bonds is 2. The fourth-order valence-electron chi connectivity index (χ4n) is 2.61. The second-order valence-electron chi connectivity index (χ2n) is 5.83. The van der Waals surface area contributed by atoms with Gasteiger partial charge in [0.2, 0.25) is 5.91 Å². The predicted molar refractivity (Wildman–Crippen MR) is 84.5 cm³/mol. The van der Waals surface area contributed by atoms with Crippen LogP contribution in [-0.2, 0) is 4.79 Å². The van der Waals surface area contributed by atoms with E-state index in [0.29, 0.717) is 11.6 Å². The summed E-state index contributed by atoms with van der Waals surface area (Å²) in [5.41, 5.74) is 2.40. The Morgan fingerprint density at radius 1 is 1.29 bits per heavy atom. The Labute approximate surface area is 125 Å². The smallest absolute Gasteiger partial charge is 0.321 e. The third-order valence-corrected chi connectivity index (χ3v) is 3.74. The number of carbonyl (C=O) groups is 2. The summed E-state index contributed by atoms with van der Waals surface area (Å²) in [6, 6.07) is 5.45. The van der Waals surface area contributed by atoms with Gasteiger partial charge in [-0.05, 0) is 43.4 Å². The van der Waals surface area contributed by atoms with E-state index in [2.05, 4.69) is 17.6 Å². The van der Waals surface area contributed by atoms with E-state index in [-0.39, 0.29) is 11.9 Å². The molecule has 5 nitrogen and oxygen atoms in total. The molecule has 0 spiro atoms. The Balaban J connectivity index is 2.07. The Morgan fingerprint density at radius 2 is 2.05 bits per heavy atom. The van der Waals surface area contributed by atoms with E-state index in [9.17, 15) is 9.59 Å². The summed E-state index contributed by atoms with van der Waals surface area (Å²) in [6.07, 6.45) is 2.24. The van der Waals surface area contributed by atoms with Crippen LogP contribution < -0.4 is 10.6 Å². The van der Waals surface area contributed by atoms with Gasteiger partial charge in [0.1, 0.15) is 0 Å². The van der Waals surface area contributed by atoms with Crippen LogP contribution in [0.4, 0.5) is 16.2 Å². The van der Waals surface area contributed by atoms with Gasteiger partial charge in [0, 0.05) is 31.4 Å². The first kappa shape index (κ1) is 15.4. The van der Waals surface area contributed by atoms with Crippen molar-refractivity contribution in [2.45, 2.75) is 33.6 Å². The van der Waals surface area contributed by atoms with Gasteiger partial charge in [-0.3, -0.25) is 4.79 Å². The number of piperidine rings is 1. The Hall–Kier alpha value is -2.04. The van der Waals surface area contributed by atoms with Crippen molar-refractivity contribution in [3.63, 3.8) is 0 Å². The van der Waals surface area contributed by atoms with E-state index >= 15 is 0 Å². The zero-order valence-electron chi connectivity index (χ0n) is 12.9. The minimum absolute atomic E-state index is 0.0652. The Bertz CT molecular complexity index is 542. The van der Waals surface area contributed by atoms with Gasteiger partial charge in [-0.15, -0.1) is 0 Å². The first-order chi connectivity index (χ1) is 9.95.